The average Bonchev–Trinajstić information content (AvgIpc) is 3.10. The number of thiazole rings is 1. The summed E-state index contributed by atoms with van der Waals surface area (Å²) in [6.45, 7) is 3.74. The minimum Gasteiger partial charge on any atom is -0.382 e. The molecule has 2 N–H and O–H groups in total. The number of anilines is 2. The van der Waals surface area contributed by atoms with Gasteiger partial charge in [-0.3, -0.25) is 0 Å². The highest BCUT2D eigenvalue weighted by Gasteiger charge is 2.23. The summed E-state index contributed by atoms with van der Waals surface area (Å²) in [6.07, 6.45) is 2.60. The Morgan fingerprint density at radius 1 is 1.55 bits per heavy atom. The molecule has 3 heterocycles. The number of hydrogen-bond donors (Lipinski definition) is 1. The third-order valence-corrected chi connectivity index (χ3v) is 5.34. The molecular formula is C13H18N4OS2. The number of nitrogens with zero attached hydrogens (tertiary/aromatic N) is 3. The van der Waals surface area contributed by atoms with Crippen molar-refractivity contribution in [1.29, 1.82) is 0 Å². The van der Waals surface area contributed by atoms with Crippen LogP contribution in [-0.2, 0) is 4.74 Å². The number of likely N-dealkylation sites (N-methyl/N-ethyl adjacent to an activating group) is 1. The van der Waals surface area contributed by atoms with Crippen LogP contribution in [0.3, 0.4) is 0 Å². The van der Waals surface area contributed by atoms with E-state index in [1.165, 1.54) is 11.5 Å². The van der Waals surface area contributed by atoms with Crippen molar-refractivity contribution in [3.05, 3.63) is 11.1 Å². The zero-order valence-electron chi connectivity index (χ0n) is 11.6. The molecule has 20 heavy (non-hydrogen) atoms. The minimum atomic E-state index is 0.314. The van der Waals surface area contributed by atoms with E-state index in [4.69, 9.17) is 10.5 Å². The van der Waals surface area contributed by atoms with Gasteiger partial charge in [-0.25, -0.2) is 4.98 Å². The number of nitrogen functional groups attached to an aromatic ring is 1. The molecule has 2 aromatic rings. The Morgan fingerprint density at radius 2 is 2.40 bits per heavy atom. The van der Waals surface area contributed by atoms with Crippen molar-refractivity contribution in [3.63, 3.8) is 0 Å². The maximum atomic E-state index is 6.04. The summed E-state index contributed by atoms with van der Waals surface area (Å²) >= 11 is 3.05. The van der Waals surface area contributed by atoms with Gasteiger partial charge in [-0.05, 0) is 31.3 Å². The molecule has 1 fully saturated rings. The van der Waals surface area contributed by atoms with E-state index < -0.39 is 0 Å². The number of nitrogens with two attached hydrogens (primary N) is 1. The van der Waals surface area contributed by atoms with Crippen LogP contribution in [0.1, 0.15) is 18.5 Å². The van der Waals surface area contributed by atoms with Crippen LogP contribution in [0.2, 0.25) is 0 Å². The highest BCUT2D eigenvalue weighted by molar-refractivity contribution is 7.15. The zero-order valence-corrected chi connectivity index (χ0v) is 13.3. The van der Waals surface area contributed by atoms with Gasteiger partial charge >= 0.3 is 0 Å². The number of hydrogen-bond acceptors (Lipinski definition) is 7. The highest BCUT2D eigenvalue weighted by Crippen LogP contribution is 2.40. The SMILES string of the molecule is Cc1csc(-c2c(N)nsc2N(C)CC2CCCO2)n1. The summed E-state index contributed by atoms with van der Waals surface area (Å²) in [7, 11) is 2.07. The van der Waals surface area contributed by atoms with Crippen LogP contribution >= 0.6 is 22.9 Å². The molecule has 3 rings (SSSR count). The normalized spacial score (nSPS) is 18.6. The molecule has 1 atom stereocenters. The van der Waals surface area contributed by atoms with E-state index in [-0.39, 0.29) is 0 Å². The standard InChI is InChI=1S/C13H18N4OS2/c1-8-7-19-12(15-8)10-11(14)16-20-13(10)17(2)6-9-4-3-5-18-9/h7,9H,3-6H2,1-2H3,(H2,14,16). The first-order valence-electron chi connectivity index (χ1n) is 6.65. The van der Waals surface area contributed by atoms with Crippen LogP contribution in [0.5, 0.6) is 0 Å². The van der Waals surface area contributed by atoms with E-state index in [9.17, 15) is 0 Å². The van der Waals surface area contributed by atoms with Crippen LogP contribution < -0.4 is 10.6 Å². The van der Waals surface area contributed by atoms with Crippen LogP contribution in [0.15, 0.2) is 5.38 Å². The van der Waals surface area contributed by atoms with Gasteiger partial charge in [0.15, 0.2) is 0 Å². The van der Waals surface area contributed by atoms with Crippen molar-refractivity contribution in [2.24, 2.45) is 0 Å². The topological polar surface area (TPSA) is 64.3 Å². The van der Waals surface area contributed by atoms with Crippen molar-refractivity contribution in [3.8, 4) is 10.6 Å². The van der Waals surface area contributed by atoms with E-state index in [1.54, 1.807) is 11.3 Å². The lowest BCUT2D eigenvalue weighted by atomic mass is 10.2. The fraction of sp³-hybridized carbons (Fsp3) is 0.538. The molecular weight excluding hydrogens is 292 g/mol. The van der Waals surface area contributed by atoms with Crippen LogP contribution in [0.25, 0.3) is 10.6 Å². The minimum absolute atomic E-state index is 0.314. The molecule has 0 aromatic carbocycles. The van der Waals surface area contributed by atoms with Gasteiger partial charge in [0, 0.05) is 31.3 Å². The number of ether oxygens (including phenoxy) is 1. The van der Waals surface area contributed by atoms with Crippen molar-refractivity contribution in [1.82, 2.24) is 9.36 Å². The Hall–Kier alpha value is -1.18. The first-order valence-corrected chi connectivity index (χ1v) is 8.31. The molecule has 1 saturated heterocycles. The second kappa shape index (κ2) is 5.67. The molecule has 2 aromatic heterocycles. The van der Waals surface area contributed by atoms with Crippen molar-refractivity contribution in [2.75, 3.05) is 30.8 Å². The molecule has 108 valence electrons. The van der Waals surface area contributed by atoms with Gasteiger partial charge in [-0.15, -0.1) is 11.3 Å². The Bertz CT molecular complexity index is 589. The van der Waals surface area contributed by atoms with Gasteiger partial charge in [0.2, 0.25) is 0 Å². The smallest absolute Gasteiger partial charge is 0.149 e. The molecule has 0 radical (unpaired) electrons. The Labute approximate surface area is 126 Å². The quantitative estimate of drug-likeness (QED) is 0.940. The van der Waals surface area contributed by atoms with Gasteiger partial charge in [0.1, 0.15) is 15.8 Å². The molecule has 1 unspecified atom stereocenters. The molecule has 0 saturated carbocycles. The fourth-order valence-corrected chi connectivity index (χ4v) is 4.10. The largest absolute Gasteiger partial charge is 0.382 e. The predicted molar refractivity (Wildman–Crippen MR) is 84.6 cm³/mol. The molecule has 0 spiro atoms. The summed E-state index contributed by atoms with van der Waals surface area (Å²) < 4.78 is 10.0. The van der Waals surface area contributed by atoms with E-state index in [1.807, 2.05) is 12.3 Å². The second-order valence-corrected chi connectivity index (χ2v) is 6.67. The Kier molecular flexibility index (Phi) is 3.91. The predicted octanol–water partition coefficient (Wildman–Crippen LogP) is 2.77. The molecule has 0 aliphatic carbocycles. The van der Waals surface area contributed by atoms with Crippen molar-refractivity contribution in [2.45, 2.75) is 25.9 Å². The maximum absolute atomic E-state index is 6.04. The van der Waals surface area contributed by atoms with Crippen LogP contribution in [-0.4, -0.2) is 35.7 Å². The van der Waals surface area contributed by atoms with Gasteiger partial charge in [0.05, 0.1) is 11.7 Å². The molecule has 0 amide bonds. The third kappa shape index (κ3) is 2.65. The maximum Gasteiger partial charge on any atom is 0.149 e. The van der Waals surface area contributed by atoms with E-state index in [0.29, 0.717) is 11.9 Å². The van der Waals surface area contributed by atoms with Crippen molar-refractivity contribution < 1.29 is 4.74 Å². The van der Waals surface area contributed by atoms with Gasteiger partial charge in [0.25, 0.3) is 0 Å². The Morgan fingerprint density at radius 3 is 3.05 bits per heavy atom. The van der Waals surface area contributed by atoms with Gasteiger partial charge in [-0.2, -0.15) is 4.37 Å². The zero-order chi connectivity index (χ0) is 14.1. The molecule has 7 heteroatoms. The van der Waals surface area contributed by atoms with E-state index in [2.05, 4.69) is 21.3 Å². The summed E-state index contributed by atoms with van der Waals surface area (Å²) in [5.41, 5.74) is 8.02. The fourth-order valence-electron chi connectivity index (χ4n) is 2.40. The first-order chi connectivity index (χ1) is 9.65. The summed E-state index contributed by atoms with van der Waals surface area (Å²) in [5, 5.41) is 4.06. The lowest BCUT2D eigenvalue weighted by molar-refractivity contribution is 0.116. The molecule has 5 nitrogen and oxygen atoms in total. The molecule has 1 aliphatic rings. The summed E-state index contributed by atoms with van der Waals surface area (Å²) in [5.74, 6) is 0.568. The lowest BCUT2D eigenvalue weighted by Crippen LogP contribution is -2.28. The first kappa shape index (κ1) is 13.8. The monoisotopic (exact) mass is 310 g/mol. The number of aryl methyl sites for hydroxylation is 1. The summed E-state index contributed by atoms with van der Waals surface area (Å²) in [6, 6.07) is 0. The lowest BCUT2D eigenvalue weighted by Gasteiger charge is -2.21. The third-order valence-electron chi connectivity index (χ3n) is 3.38. The molecule has 0 bridgehead atoms. The van der Waals surface area contributed by atoms with Gasteiger partial charge in [-0.1, -0.05) is 0 Å². The van der Waals surface area contributed by atoms with Crippen LogP contribution in [0.4, 0.5) is 10.8 Å². The second-order valence-electron chi connectivity index (χ2n) is 5.06. The van der Waals surface area contributed by atoms with E-state index in [0.717, 1.165) is 47.3 Å². The van der Waals surface area contributed by atoms with E-state index >= 15 is 0 Å². The van der Waals surface area contributed by atoms with Crippen molar-refractivity contribution >= 4 is 33.7 Å². The Balaban J connectivity index is 1.86. The van der Waals surface area contributed by atoms with Gasteiger partial charge < -0.3 is 15.4 Å². The number of rotatable bonds is 4. The number of aromatic nitrogens is 2. The molecule has 1 aliphatic heterocycles. The average molecular weight is 310 g/mol. The van der Waals surface area contributed by atoms with Crippen LogP contribution in [0, 0.1) is 6.92 Å². The highest BCUT2D eigenvalue weighted by atomic mass is 32.1. The summed E-state index contributed by atoms with van der Waals surface area (Å²) in [4.78, 5) is 6.73.